The Bertz CT molecular complexity index is 268. The second-order valence-electron chi connectivity index (χ2n) is 4.03. The third-order valence-electron chi connectivity index (χ3n) is 2.55. The van der Waals surface area contributed by atoms with Crippen molar-refractivity contribution < 1.29 is 9.53 Å². The average Bonchev–Trinajstić information content (AvgIpc) is 2.73. The maximum atomic E-state index is 11.2. The lowest BCUT2D eigenvalue weighted by molar-refractivity contribution is 0.0498. The molecule has 0 spiro atoms. The minimum atomic E-state index is -0.188. The van der Waals surface area contributed by atoms with E-state index in [4.69, 9.17) is 4.74 Å². The van der Waals surface area contributed by atoms with Crippen LogP contribution in [0.5, 0.6) is 0 Å². The van der Waals surface area contributed by atoms with E-state index < -0.39 is 0 Å². The highest BCUT2D eigenvalue weighted by molar-refractivity contribution is 5.78. The average molecular weight is 167 g/mol. The molecule has 1 amide bonds. The number of hydrogen-bond acceptors (Lipinski definition) is 2. The molecule has 0 aromatic carbocycles. The fraction of sp³-hybridized carbons (Fsp3) is 0.667. The molecule has 0 bridgehead atoms. The molecule has 0 N–H and O–H groups in total. The first kappa shape index (κ1) is 7.65. The number of fused-ring (bicyclic) bond motifs is 1. The Balaban J connectivity index is 2.29. The Morgan fingerprint density at radius 1 is 1.67 bits per heavy atom. The van der Waals surface area contributed by atoms with Crippen molar-refractivity contribution in [2.45, 2.75) is 26.8 Å². The quantitative estimate of drug-likeness (QED) is 0.514. The van der Waals surface area contributed by atoms with Crippen molar-refractivity contribution in [3.63, 3.8) is 0 Å². The van der Waals surface area contributed by atoms with Gasteiger partial charge in [0.25, 0.3) is 0 Å². The zero-order valence-electron chi connectivity index (χ0n) is 7.63. The van der Waals surface area contributed by atoms with Gasteiger partial charge >= 0.3 is 6.09 Å². The van der Waals surface area contributed by atoms with Crippen LogP contribution in [0, 0.1) is 5.41 Å². The van der Waals surface area contributed by atoms with E-state index in [0.29, 0.717) is 12.6 Å². The lowest BCUT2D eigenvalue weighted by atomic mass is 9.89. The van der Waals surface area contributed by atoms with Gasteiger partial charge in [-0.3, -0.25) is 4.90 Å². The summed E-state index contributed by atoms with van der Waals surface area (Å²) in [6.45, 7) is 6.72. The van der Waals surface area contributed by atoms with Gasteiger partial charge in [0.05, 0.1) is 6.04 Å². The van der Waals surface area contributed by atoms with Gasteiger partial charge in [-0.05, 0) is 6.92 Å². The van der Waals surface area contributed by atoms with Crippen LogP contribution in [0.2, 0.25) is 0 Å². The summed E-state index contributed by atoms with van der Waals surface area (Å²) in [6, 6.07) is 0.295. The van der Waals surface area contributed by atoms with Crippen LogP contribution >= 0.6 is 0 Å². The van der Waals surface area contributed by atoms with Crippen molar-refractivity contribution in [2.24, 2.45) is 5.41 Å². The summed E-state index contributed by atoms with van der Waals surface area (Å²) in [6.07, 6.45) is 1.80. The maximum absolute atomic E-state index is 11.2. The topological polar surface area (TPSA) is 29.3 Å². The zero-order valence-corrected chi connectivity index (χ0v) is 7.63. The number of hydrogen-bond donors (Lipinski definition) is 0. The third-order valence-corrected chi connectivity index (χ3v) is 2.55. The standard InChI is InChI=1S/C9H13NO2/c1-4-6-7-9(2,3)5-12-8(11)10(6)7/h4,7H,5H2,1-3H3/b6-4-/t7-,10?/m1/s1. The Hall–Kier alpha value is -0.990. The van der Waals surface area contributed by atoms with Gasteiger partial charge in [-0.25, -0.2) is 4.79 Å². The highest BCUT2D eigenvalue weighted by Crippen LogP contribution is 2.48. The second-order valence-corrected chi connectivity index (χ2v) is 4.03. The number of carbonyl (C=O) groups is 1. The Morgan fingerprint density at radius 3 is 2.83 bits per heavy atom. The smallest absolute Gasteiger partial charge is 0.414 e. The van der Waals surface area contributed by atoms with E-state index in [1.807, 2.05) is 13.0 Å². The number of nitrogens with zero attached hydrogens (tertiary/aromatic N) is 1. The van der Waals surface area contributed by atoms with Crippen molar-refractivity contribution in [1.82, 2.24) is 4.90 Å². The number of amides is 1. The van der Waals surface area contributed by atoms with E-state index in [1.165, 1.54) is 0 Å². The molecule has 1 atom stereocenters. The maximum Gasteiger partial charge on any atom is 0.414 e. The molecule has 66 valence electrons. The van der Waals surface area contributed by atoms with Crippen LogP contribution in [0.25, 0.3) is 0 Å². The summed E-state index contributed by atoms with van der Waals surface area (Å²) < 4.78 is 5.03. The first-order valence-corrected chi connectivity index (χ1v) is 4.20. The molecule has 2 heterocycles. The molecule has 0 aromatic rings. The van der Waals surface area contributed by atoms with Crippen molar-refractivity contribution >= 4 is 6.09 Å². The number of ether oxygens (including phenoxy) is 1. The predicted octanol–water partition coefficient (Wildman–Crippen LogP) is 1.75. The number of rotatable bonds is 0. The molecule has 0 aliphatic carbocycles. The minimum absolute atomic E-state index is 0.0791. The van der Waals surface area contributed by atoms with Crippen molar-refractivity contribution in [1.29, 1.82) is 0 Å². The van der Waals surface area contributed by atoms with Gasteiger partial charge < -0.3 is 4.74 Å². The van der Waals surface area contributed by atoms with Gasteiger partial charge in [-0.2, -0.15) is 0 Å². The van der Waals surface area contributed by atoms with Crippen LogP contribution in [0.4, 0.5) is 4.79 Å². The van der Waals surface area contributed by atoms with Crippen LogP contribution in [0.1, 0.15) is 20.8 Å². The first-order chi connectivity index (χ1) is 5.58. The molecule has 3 heteroatoms. The zero-order chi connectivity index (χ0) is 8.93. The number of carbonyl (C=O) groups excluding carboxylic acids is 1. The molecular formula is C9H13NO2. The van der Waals surface area contributed by atoms with Crippen LogP contribution in [-0.4, -0.2) is 23.6 Å². The molecule has 2 aliphatic rings. The molecule has 0 saturated carbocycles. The Morgan fingerprint density at radius 2 is 2.33 bits per heavy atom. The normalized spacial score (nSPS) is 34.6. The van der Waals surface area contributed by atoms with Crippen molar-refractivity contribution in [3.05, 3.63) is 11.8 Å². The lowest BCUT2D eigenvalue weighted by Gasteiger charge is -2.27. The third kappa shape index (κ3) is 0.792. The predicted molar refractivity (Wildman–Crippen MR) is 44.5 cm³/mol. The van der Waals surface area contributed by atoms with Gasteiger partial charge in [0.15, 0.2) is 0 Å². The molecule has 3 nitrogen and oxygen atoms in total. The summed E-state index contributed by atoms with van der Waals surface area (Å²) in [5.41, 5.74) is 1.19. The van der Waals surface area contributed by atoms with Gasteiger partial charge in [0, 0.05) is 11.1 Å². The molecule has 0 aromatic heterocycles. The Labute approximate surface area is 72.0 Å². The molecule has 0 unspecified atom stereocenters. The van der Waals surface area contributed by atoms with Crippen molar-refractivity contribution in [2.75, 3.05) is 6.61 Å². The highest BCUT2D eigenvalue weighted by Gasteiger charge is 2.58. The monoisotopic (exact) mass is 167 g/mol. The van der Waals surface area contributed by atoms with Crippen LogP contribution < -0.4 is 0 Å². The van der Waals surface area contributed by atoms with E-state index in [2.05, 4.69) is 13.8 Å². The van der Waals surface area contributed by atoms with Gasteiger partial charge in [-0.15, -0.1) is 0 Å². The van der Waals surface area contributed by atoms with Crippen molar-refractivity contribution in [3.8, 4) is 0 Å². The van der Waals surface area contributed by atoms with E-state index in [0.717, 1.165) is 5.70 Å². The lowest BCUT2D eigenvalue weighted by Crippen LogP contribution is -2.37. The Kier molecular flexibility index (Phi) is 1.29. The van der Waals surface area contributed by atoms with E-state index >= 15 is 0 Å². The fourth-order valence-electron chi connectivity index (χ4n) is 1.86. The van der Waals surface area contributed by atoms with Crippen LogP contribution in [0.3, 0.4) is 0 Å². The molecule has 2 saturated heterocycles. The summed E-state index contributed by atoms with van der Waals surface area (Å²) >= 11 is 0. The van der Waals surface area contributed by atoms with Gasteiger partial charge in [0.1, 0.15) is 6.61 Å². The number of cyclic esters (lactones) is 1. The SMILES string of the molecule is C/C=C1/[C@H]2N1C(=O)OCC2(C)C. The van der Waals surface area contributed by atoms with Gasteiger partial charge in [-0.1, -0.05) is 19.9 Å². The van der Waals surface area contributed by atoms with Gasteiger partial charge in [0.2, 0.25) is 0 Å². The molecule has 2 aliphatic heterocycles. The molecular weight excluding hydrogens is 154 g/mol. The van der Waals surface area contributed by atoms with Crippen LogP contribution in [0.15, 0.2) is 11.8 Å². The molecule has 2 fully saturated rings. The second kappa shape index (κ2) is 2.03. The fourth-order valence-corrected chi connectivity index (χ4v) is 1.86. The summed E-state index contributed by atoms with van der Waals surface area (Å²) in [4.78, 5) is 12.9. The molecule has 12 heavy (non-hydrogen) atoms. The summed E-state index contributed by atoms with van der Waals surface area (Å²) in [5, 5.41) is 0. The summed E-state index contributed by atoms with van der Waals surface area (Å²) in [5.74, 6) is 0. The molecule has 2 rings (SSSR count). The highest BCUT2D eigenvalue weighted by atomic mass is 16.6. The number of allylic oxidation sites excluding steroid dienone is 1. The summed E-state index contributed by atoms with van der Waals surface area (Å²) in [7, 11) is 0. The van der Waals surface area contributed by atoms with E-state index in [-0.39, 0.29) is 11.5 Å². The van der Waals surface area contributed by atoms with Crippen LogP contribution in [-0.2, 0) is 4.74 Å². The first-order valence-electron chi connectivity index (χ1n) is 4.20. The largest absolute Gasteiger partial charge is 0.448 e. The minimum Gasteiger partial charge on any atom is -0.448 e. The van der Waals surface area contributed by atoms with E-state index in [1.54, 1.807) is 4.90 Å². The van der Waals surface area contributed by atoms with E-state index in [9.17, 15) is 4.79 Å². The molecule has 0 radical (unpaired) electrons.